The summed E-state index contributed by atoms with van der Waals surface area (Å²) in [5.41, 5.74) is 0.0661. The summed E-state index contributed by atoms with van der Waals surface area (Å²) in [4.78, 5) is 28.4. The summed E-state index contributed by atoms with van der Waals surface area (Å²) in [6.07, 6.45) is 1.60. The summed E-state index contributed by atoms with van der Waals surface area (Å²) in [5.74, 6) is 1.09. The SMILES string of the molecule is CN(C(=O)NCCc1nc(C(=O)O)cs1)C1CCSC1. The van der Waals surface area contributed by atoms with Crippen LogP contribution in [-0.4, -0.2) is 58.1 Å². The second-order valence-electron chi connectivity index (χ2n) is 4.54. The highest BCUT2D eigenvalue weighted by Gasteiger charge is 2.23. The van der Waals surface area contributed by atoms with Gasteiger partial charge in [-0.05, 0) is 12.2 Å². The minimum atomic E-state index is -1.02. The van der Waals surface area contributed by atoms with E-state index in [0.29, 0.717) is 19.0 Å². The van der Waals surface area contributed by atoms with Crippen LogP contribution >= 0.6 is 23.1 Å². The molecular weight excluding hydrogens is 298 g/mol. The van der Waals surface area contributed by atoms with Gasteiger partial charge >= 0.3 is 12.0 Å². The van der Waals surface area contributed by atoms with E-state index in [1.54, 1.807) is 4.90 Å². The maximum absolute atomic E-state index is 11.9. The van der Waals surface area contributed by atoms with Crippen LogP contribution in [0.25, 0.3) is 0 Å². The summed E-state index contributed by atoms with van der Waals surface area (Å²) in [6.45, 7) is 0.468. The zero-order chi connectivity index (χ0) is 14.5. The third-order valence-corrected chi connectivity index (χ3v) is 5.21. The number of carbonyl (C=O) groups is 2. The predicted molar refractivity (Wildman–Crippen MR) is 79.7 cm³/mol. The molecule has 1 fully saturated rings. The minimum Gasteiger partial charge on any atom is -0.476 e. The molecule has 0 spiro atoms. The van der Waals surface area contributed by atoms with Crippen LogP contribution in [0.4, 0.5) is 4.79 Å². The Morgan fingerprint density at radius 1 is 1.60 bits per heavy atom. The van der Waals surface area contributed by atoms with E-state index in [4.69, 9.17) is 5.11 Å². The van der Waals surface area contributed by atoms with Gasteiger partial charge in [-0.25, -0.2) is 14.6 Å². The second-order valence-corrected chi connectivity index (χ2v) is 6.63. The van der Waals surface area contributed by atoms with Crippen molar-refractivity contribution in [2.75, 3.05) is 25.1 Å². The summed E-state index contributed by atoms with van der Waals surface area (Å²) in [6, 6.07) is 0.242. The van der Waals surface area contributed by atoms with Crippen LogP contribution in [0.5, 0.6) is 0 Å². The van der Waals surface area contributed by atoms with Crippen molar-refractivity contribution in [3.05, 3.63) is 16.1 Å². The molecule has 1 unspecified atom stereocenters. The van der Waals surface area contributed by atoms with Gasteiger partial charge in [-0.15, -0.1) is 11.3 Å². The van der Waals surface area contributed by atoms with Gasteiger partial charge in [0.15, 0.2) is 5.69 Å². The van der Waals surface area contributed by atoms with Gasteiger partial charge in [0.1, 0.15) is 0 Å². The van der Waals surface area contributed by atoms with E-state index in [9.17, 15) is 9.59 Å². The largest absolute Gasteiger partial charge is 0.476 e. The van der Waals surface area contributed by atoms with Gasteiger partial charge in [0.25, 0.3) is 0 Å². The fourth-order valence-electron chi connectivity index (χ4n) is 1.92. The molecule has 0 aliphatic carbocycles. The molecule has 8 heteroatoms. The Balaban J connectivity index is 1.74. The number of nitrogens with zero attached hydrogens (tertiary/aromatic N) is 2. The minimum absolute atomic E-state index is 0.0661. The smallest absolute Gasteiger partial charge is 0.355 e. The molecule has 2 heterocycles. The summed E-state index contributed by atoms with van der Waals surface area (Å²) in [5, 5.41) is 13.9. The van der Waals surface area contributed by atoms with Gasteiger partial charge in [0.2, 0.25) is 0 Å². The quantitative estimate of drug-likeness (QED) is 0.861. The fourth-order valence-corrected chi connectivity index (χ4v) is 3.96. The molecule has 0 aromatic carbocycles. The highest BCUT2D eigenvalue weighted by atomic mass is 32.2. The molecule has 1 aromatic heterocycles. The molecular formula is C12H17N3O3S2. The number of rotatable bonds is 5. The zero-order valence-corrected chi connectivity index (χ0v) is 12.8. The normalized spacial score (nSPS) is 17.9. The molecule has 1 aliphatic heterocycles. The van der Waals surface area contributed by atoms with E-state index in [1.165, 1.54) is 16.7 Å². The van der Waals surface area contributed by atoms with E-state index in [1.807, 2.05) is 18.8 Å². The number of carboxylic acid groups (broad SMARTS) is 1. The molecule has 6 nitrogen and oxygen atoms in total. The Labute approximate surface area is 125 Å². The van der Waals surface area contributed by atoms with Crippen molar-refractivity contribution in [2.45, 2.75) is 18.9 Å². The number of urea groups is 1. The number of aromatic carboxylic acids is 1. The topological polar surface area (TPSA) is 82.5 Å². The van der Waals surface area contributed by atoms with Crippen molar-refractivity contribution in [1.82, 2.24) is 15.2 Å². The number of hydrogen-bond donors (Lipinski definition) is 2. The molecule has 20 heavy (non-hydrogen) atoms. The van der Waals surface area contributed by atoms with Gasteiger partial charge in [-0.2, -0.15) is 11.8 Å². The fraction of sp³-hybridized carbons (Fsp3) is 0.583. The summed E-state index contributed by atoms with van der Waals surface area (Å²) < 4.78 is 0. The van der Waals surface area contributed by atoms with Crippen molar-refractivity contribution in [2.24, 2.45) is 0 Å². The van der Waals surface area contributed by atoms with Crippen LogP contribution in [0, 0.1) is 0 Å². The van der Waals surface area contributed by atoms with E-state index >= 15 is 0 Å². The molecule has 2 N–H and O–H groups in total. The first-order chi connectivity index (χ1) is 9.58. The maximum Gasteiger partial charge on any atom is 0.355 e. The summed E-state index contributed by atoms with van der Waals surface area (Å²) >= 11 is 3.17. The average Bonchev–Trinajstić information content (AvgIpc) is 3.08. The molecule has 1 atom stereocenters. The maximum atomic E-state index is 11.9. The number of nitrogens with one attached hydrogen (secondary N) is 1. The third kappa shape index (κ3) is 3.86. The third-order valence-electron chi connectivity index (χ3n) is 3.16. The standard InChI is InChI=1S/C12H17N3O3S2/c1-15(8-3-5-19-6-8)12(18)13-4-2-10-14-9(7-20-10)11(16)17/h7-8H,2-6H2,1H3,(H,13,18)(H,16,17). The predicted octanol–water partition coefficient (Wildman–Crippen LogP) is 1.53. The molecule has 2 amide bonds. The van der Waals surface area contributed by atoms with Gasteiger partial charge in [0, 0.05) is 37.2 Å². The van der Waals surface area contributed by atoms with Crippen LogP contribution in [0.1, 0.15) is 21.9 Å². The molecule has 1 aromatic rings. The number of carbonyl (C=O) groups excluding carboxylic acids is 1. The Bertz CT molecular complexity index is 486. The van der Waals surface area contributed by atoms with Crippen LogP contribution in [0.2, 0.25) is 0 Å². The van der Waals surface area contributed by atoms with Crippen molar-refractivity contribution >= 4 is 35.1 Å². The molecule has 0 radical (unpaired) electrons. The molecule has 0 saturated carbocycles. The van der Waals surface area contributed by atoms with Crippen LogP contribution in [-0.2, 0) is 6.42 Å². The van der Waals surface area contributed by atoms with Crippen LogP contribution in [0.3, 0.4) is 0 Å². The molecule has 0 bridgehead atoms. The lowest BCUT2D eigenvalue weighted by Gasteiger charge is -2.23. The molecule has 1 aliphatic rings. The van der Waals surface area contributed by atoms with E-state index in [2.05, 4.69) is 10.3 Å². The lowest BCUT2D eigenvalue weighted by atomic mass is 10.2. The number of carboxylic acids is 1. The number of thiazole rings is 1. The Morgan fingerprint density at radius 3 is 3.00 bits per heavy atom. The Morgan fingerprint density at radius 2 is 2.40 bits per heavy atom. The highest BCUT2D eigenvalue weighted by Crippen LogP contribution is 2.21. The van der Waals surface area contributed by atoms with Crippen LogP contribution < -0.4 is 5.32 Å². The second kappa shape index (κ2) is 6.94. The van der Waals surface area contributed by atoms with Crippen molar-refractivity contribution < 1.29 is 14.7 Å². The van der Waals surface area contributed by atoms with Gasteiger partial charge < -0.3 is 15.3 Å². The average molecular weight is 315 g/mol. The van der Waals surface area contributed by atoms with Crippen molar-refractivity contribution in [1.29, 1.82) is 0 Å². The first-order valence-corrected chi connectivity index (χ1v) is 8.37. The van der Waals surface area contributed by atoms with E-state index in [-0.39, 0.29) is 11.7 Å². The molecule has 2 rings (SSSR count). The lowest BCUT2D eigenvalue weighted by molar-refractivity contribution is 0.0691. The number of thioether (sulfide) groups is 1. The lowest BCUT2D eigenvalue weighted by Crippen LogP contribution is -2.44. The Kier molecular flexibility index (Phi) is 5.24. The van der Waals surface area contributed by atoms with Crippen molar-refractivity contribution in [3.63, 3.8) is 0 Å². The highest BCUT2D eigenvalue weighted by molar-refractivity contribution is 7.99. The first kappa shape index (κ1) is 15.1. The number of hydrogen-bond acceptors (Lipinski definition) is 5. The van der Waals surface area contributed by atoms with Crippen LogP contribution in [0.15, 0.2) is 5.38 Å². The molecule has 1 saturated heterocycles. The van der Waals surface area contributed by atoms with E-state index < -0.39 is 5.97 Å². The molecule has 110 valence electrons. The monoisotopic (exact) mass is 315 g/mol. The van der Waals surface area contributed by atoms with Gasteiger partial charge in [-0.3, -0.25) is 0 Å². The van der Waals surface area contributed by atoms with Gasteiger partial charge in [0.05, 0.1) is 5.01 Å². The first-order valence-electron chi connectivity index (χ1n) is 6.34. The Hall–Kier alpha value is -1.28. The number of aromatic nitrogens is 1. The van der Waals surface area contributed by atoms with Gasteiger partial charge in [-0.1, -0.05) is 0 Å². The number of amides is 2. The van der Waals surface area contributed by atoms with Crippen molar-refractivity contribution in [3.8, 4) is 0 Å². The van der Waals surface area contributed by atoms with E-state index in [0.717, 1.165) is 22.9 Å². The zero-order valence-electron chi connectivity index (χ0n) is 11.2. The summed E-state index contributed by atoms with van der Waals surface area (Å²) in [7, 11) is 1.82.